The maximum atomic E-state index is 10.6. The maximum absolute atomic E-state index is 10.6. The van der Waals surface area contributed by atoms with E-state index in [2.05, 4.69) is 46.8 Å². The van der Waals surface area contributed by atoms with E-state index in [9.17, 15) is 5.11 Å². The van der Waals surface area contributed by atoms with Crippen LogP contribution in [-0.4, -0.2) is 5.11 Å². The summed E-state index contributed by atoms with van der Waals surface area (Å²) in [5.74, 6) is 2.81. The Bertz CT molecular complexity index is 443. The molecular weight excluding hydrogens is 232 g/mol. The van der Waals surface area contributed by atoms with E-state index in [1.807, 2.05) is 0 Å². The quantitative estimate of drug-likeness (QED) is 0.736. The lowest BCUT2D eigenvalue weighted by Gasteiger charge is -2.21. The Hall–Kier alpha value is -0.980. The highest BCUT2D eigenvalue weighted by atomic mass is 16.3. The minimum absolute atomic E-state index is 0.434. The second-order valence-electron chi connectivity index (χ2n) is 6.64. The van der Waals surface area contributed by atoms with Crippen molar-refractivity contribution >= 4 is 0 Å². The first kappa shape index (κ1) is 14.4. The molecule has 1 aliphatic carbocycles. The normalized spacial score (nSPS) is 18.6. The summed E-state index contributed by atoms with van der Waals surface area (Å²) in [4.78, 5) is 0. The van der Waals surface area contributed by atoms with E-state index in [0.717, 1.165) is 17.9 Å². The molecule has 1 aromatic carbocycles. The van der Waals surface area contributed by atoms with Crippen LogP contribution in [0, 0.1) is 5.92 Å². The van der Waals surface area contributed by atoms with Gasteiger partial charge in [-0.1, -0.05) is 46.8 Å². The van der Waals surface area contributed by atoms with Gasteiger partial charge in [-0.15, -0.1) is 0 Å². The van der Waals surface area contributed by atoms with Crippen molar-refractivity contribution in [1.29, 1.82) is 0 Å². The molecule has 19 heavy (non-hydrogen) atoms. The van der Waals surface area contributed by atoms with Crippen LogP contribution in [0.1, 0.15) is 88.3 Å². The maximum Gasteiger partial charge on any atom is 0.122 e. The molecule has 0 amide bonds. The first-order valence-corrected chi connectivity index (χ1v) is 7.82. The highest BCUT2D eigenvalue weighted by molar-refractivity contribution is 5.48. The Kier molecular flexibility index (Phi) is 4.23. The van der Waals surface area contributed by atoms with Crippen LogP contribution in [0.4, 0.5) is 0 Å². The summed E-state index contributed by atoms with van der Waals surface area (Å²) in [5.41, 5.74) is 3.70. The fraction of sp³-hybridized carbons (Fsp3) is 0.667. The zero-order valence-electron chi connectivity index (χ0n) is 13.0. The van der Waals surface area contributed by atoms with Crippen LogP contribution < -0.4 is 0 Å². The van der Waals surface area contributed by atoms with E-state index in [1.54, 1.807) is 0 Å². The molecule has 1 N–H and O–H groups in total. The third-order valence-electron chi connectivity index (χ3n) is 4.82. The minimum Gasteiger partial charge on any atom is -0.507 e. The Labute approximate surface area is 118 Å². The highest BCUT2D eigenvalue weighted by Crippen LogP contribution is 2.47. The second-order valence-corrected chi connectivity index (χ2v) is 6.64. The molecule has 2 rings (SSSR count). The third kappa shape index (κ3) is 2.96. The average molecular weight is 260 g/mol. The van der Waals surface area contributed by atoms with E-state index < -0.39 is 0 Å². The van der Waals surface area contributed by atoms with Crippen molar-refractivity contribution in [3.05, 3.63) is 28.8 Å². The van der Waals surface area contributed by atoms with Gasteiger partial charge in [0.05, 0.1) is 0 Å². The van der Waals surface area contributed by atoms with Gasteiger partial charge in [-0.3, -0.25) is 0 Å². The summed E-state index contributed by atoms with van der Waals surface area (Å²) >= 11 is 0. The van der Waals surface area contributed by atoms with Gasteiger partial charge in [0, 0.05) is 0 Å². The Morgan fingerprint density at radius 2 is 1.68 bits per heavy atom. The molecule has 0 radical (unpaired) electrons. The lowest BCUT2D eigenvalue weighted by atomic mass is 9.85. The summed E-state index contributed by atoms with van der Waals surface area (Å²) in [6.45, 7) is 11.1. The predicted octanol–water partition coefficient (Wildman–Crippen LogP) is 5.54. The Morgan fingerprint density at radius 1 is 1.11 bits per heavy atom. The van der Waals surface area contributed by atoms with E-state index in [-0.39, 0.29) is 0 Å². The lowest BCUT2D eigenvalue weighted by molar-refractivity contribution is 0.445. The average Bonchev–Trinajstić information content (AvgIpc) is 3.21. The number of rotatable bonds is 5. The first-order valence-electron chi connectivity index (χ1n) is 7.82. The van der Waals surface area contributed by atoms with Crippen LogP contribution in [0.25, 0.3) is 0 Å². The Morgan fingerprint density at radius 3 is 2.16 bits per heavy atom. The molecule has 2 atom stereocenters. The molecule has 106 valence electrons. The number of aromatic hydroxyl groups is 1. The van der Waals surface area contributed by atoms with E-state index >= 15 is 0 Å². The summed E-state index contributed by atoms with van der Waals surface area (Å²) in [5, 5.41) is 10.6. The van der Waals surface area contributed by atoms with Gasteiger partial charge in [0.25, 0.3) is 0 Å². The van der Waals surface area contributed by atoms with Crippen molar-refractivity contribution in [3.8, 4) is 5.75 Å². The van der Waals surface area contributed by atoms with Gasteiger partial charge in [-0.05, 0) is 59.6 Å². The van der Waals surface area contributed by atoms with Gasteiger partial charge in [0.15, 0.2) is 0 Å². The second kappa shape index (κ2) is 5.56. The molecule has 1 fully saturated rings. The monoisotopic (exact) mass is 260 g/mol. The van der Waals surface area contributed by atoms with Crippen LogP contribution in [0.3, 0.4) is 0 Å². The lowest BCUT2D eigenvalue weighted by Crippen LogP contribution is -2.03. The third-order valence-corrected chi connectivity index (χ3v) is 4.82. The van der Waals surface area contributed by atoms with E-state index in [0.29, 0.717) is 23.5 Å². The van der Waals surface area contributed by atoms with E-state index in [4.69, 9.17) is 0 Å². The fourth-order valence-corrected chi connectivity index (χ4v) is 2.83. The zero-order valence-corrected chi connectivity index (χ0v) is 13.0. The molecule has 1 saturated carbocycles. The van der Waals surface area contributed by atoms with Crippen LogP contribution in [0.15, 0.2) is 12.1 Å². The largest absolute Gasteiger partial charge is 0.507 e. The topological polar surface area (TPSA) is 20.2 Å². The van der Waals surface area contributed by atoms with Crippen LogP contribution in [0.5, 0.6) is 5.75 Å². The highest BCUT2D eigenvalue weighted by Gasteiger charge is 2.31. The standard InChI is InChI=1S/C18H28O/c1-6-12(4)16-9-15(11(2)3)10-17(18(16)19)13(5)14-7-8-14/h9-14,19H,6-8H2,1-5H3/t12-,13+/m1/s1. The van der Waals surface area contributed by atoms with Gasteiger partial charge >= 0.3 is 0 Å². The smallest absolute Gasteiger partial charge is 0.122 e. The molecule has 0 aliphatic heterocycles. The molecule has 1 heteroatoms. The predicted molar refractivity (Wildman–Crippen MR) is 82.0 cm³/mol. The van der Waals surface area contributed by atoms with Crippen LogP contribution in [0.2, 0.25) is 0 Å². The van der Waals surface area contributed by atoms with Gasteiger partial charge in [-0.25, -0.2) is 0 Å². The molecule has 1 aliphatic rings. The molecule has 0 heterocycles. The molecule has 0 bridgehead atoms. The van der Waals surface area contributed by atoms with Gasteiger partial charge in [0.1, 0.15) is 5.75 Å². The van der Waals surface area contributed by atoms with Crippen molar-refractivity contribution in [2.45, 2.75) is 71.6 Å². The molecular formula is C18H28O. The van der Waals surface area contributed by atoms with Crippen LogP contribution >= 0.6 is 0 Å². The summed E-state index contributed by atoms with van der Waals surface area (Å²) < 4.78 is 0. The van der Waals surface area contributed by atoms with Crippen molar-refractivity contribution in [3.63, 3.8) is 0 Å². The number of phenols is 1. The molecule has 0 aromatic heterocycles. The SMILES string of the molecule is CC[C@@H](C)c1cc(C(C)C)cc([C@@H](C)C2CC2)c1O. The first-order chi connectivity index (χ1) is 8.95. The summed E-state index contributed by atoms with van der Waals surface area (Å²) in [6.07, 6.45) is 3.72. The van der Waals surface area contributed by atoms with Crippen molar-refractivity contribution in [2.24, 2.45) is 5.92 Å². The fourth-order valence-electron chi connectivity index (χ4n) is 2.83. The minimum atomic E-state index is 0.434. The summed E-state index contributed by atoms with van der Waals surface area (Å²) in [7, 11) is 0. The molecule has 0 unspecified atom stereocenters. The van der Waals surface area contributed by atoms with Crippen molar-refractivity contribution in [1.82, 2.24) is 0 Å². The number of benzene rings is 1. The van der Waals surface area contributed by atoms with Gasteiger partial charge in [-0.2, -0.15) is 0 Å². The van der Waals surface area contributed by atoms with Gasteiger partial charge < -0.3 is 5.11 Å². The van der Waals surface area contributed by atoms with Crippen LogP contribution in [-0.2, 0) is 0 Å². The molecule has 0 saturated heterocycles. The molecule has 1 aromatic rings. The van der Waals surface area contributed by atoms with Crippen molar-refractivity contribution < 1.29 is 5.11 Å². The zero-order chi connectivity index (χ0) is 14.2. The Balaban J connectivity index is 2.48. The van der Waals surface area contributed by atoms with E-state index in [1.165, 1.54) is 24.0 Å². The molecule has 1 nitrogen and oxygen atoms in total. The number of hydrogen-bond donors (Lipinski definition) is 1. The van der Waals surface area contributed by atoms with Crippen molar-refractivity contribution in [2.75, 3.05) is 0 Å². The number of phenolic OH excluding ortho intramolecular Hbond substituents is 1. The molecule has 0 spiro atoms. The summed E-state index contributed by atoms with van der Waals surface area (Å²) in [6, 6.07) is 4.46. The number of hydrogen-bond acceptors (Lipinski definition) is 1. The van der Waals surface area contributed by atoms with Gasteiger partial charge in [0.2, 0.25) is 0 Å².